The molecule has 0 bridgehead atoms. The van der Waals surface area contributed by atoms with Crippen LogP contribution in [0.5, 0.6) is 0 Å². The summed E-state index contributed by atoms with van der Waals surface area (Å²) >= 11 is 0.300. The van der Waals surface area contributed by atoms with Crippen LogP contribution in [0.15, 0.2) is 0 Å². The third kappa shape index (κ3) is 8.97. The molecule has 0 aromatic heterocycles. The second-order valence-electron chi connectivity index (χ2n) is 0. The van der Waals surface area contributed by atoms with Crippen LogP contribution < -0.4 is 18.9 Å². The van der Waals surface area contributed by atoms with E-state index in [0.29, 0.717) is 24.7 Å². The molecule has 4 heavy (non-hydrogen) atoms. The van der Waals surface area contributed by atoms with Gasteiger partial charge in [0, 0.05) is 0 Å². The molecule has 0 heterocycles. The Kier molecular flexibility index (Phi) is 81.8. The van der Waals surface area contributed by atoms with Gasteiger partial charge < -0.3 is 4.28 Å². The fraction of sp³-hybridized carbons (Fsp3) is 0. The van der Waals surface area contributed by atoms with Crippen LogP contribution in [0.3, 0.4) is 0 Å². The number of hydrogen-bond donors (Lipinski definition) is 0. The van der Waals surface area contributed by atoms with Crippen molar-refractivity contribution >= 4 is 23.1 Å². The first-order valence-corrected chi connectivity index (χ1v) is 1.21. The summed E-state index contributed by atoms with van der Waals surface area (Å²) in [6.45, 7) is 0. The second-order valence-corrected chi connectivity index (χ2v) is 0. The van der Waals surface area contributed by atoms with Gasteiger partial charge in [-0.25, -0.2) is 0 Å². The van der Waals surface area contributed by atoms with Crippen molar-refractivity contribution < 1.29 is 50.7 Å². The van der Waals surface area contributed by atoms with E-state index in [1.54, 1.807) is 0 Å². The van der Waals surface area contributed by atoms with Gasteiger partial charge in [0.05, 0.1) is 0 Å². The molecular weight excluding hydrogens is 138 g/mol. The normalized spacial score (nSPS) is 0.750. The molecule has 0 aliphatic carbocycles. The predicted octanol–water partition coefficient (Wildman–Crippen LogP) is -3.16. The van der Waals surface area contributed by atoms with E-state index in [0.717, 1.165) is 0 Å². The van der Waals surface area contributed by atoms with Gasteiger partial charge >= 0.3 is 69.5 Å². The Labute approximate surface area is 73.0 Å². The zero-order valence-electron chi connectivity index (χ0n) is 5.62. The van der Waals surface area contributed by atoms with Crippen molar-refractivity contribution in [1.29, 1.82) is 0 Å². The van der Waals surface area contributed by atoms with E-state index in [1.807, 2.05) is 0 Å². The van der Waals surface area contributed by atoms with E-state index in [9.17, 15) is 0 Å². The van der Waals surface area contributed by atoms with Crippen LogP contribution in [0.4, 0.5) is 0 Å². The quantitative estimate of drug-likeness (QED) is 0.326. The van der Waals surface area contributed by atoms with Crippen LogP contribution in [-0.4, -0.2) is 23.1 Å². The van der Waals surface area contributed by atoms with Crippen molar-refractivity contribution in [2.45, 2.75) is 0 Å². The number of rotatable bonds is 0. The molecule has 0 fully saturated rings. The summed E-state index contributed by atoms with van der Waals surface area (Å²) in [6.07, 6.45) is 0. The van der Waals surface area contributed by atoms with Crippen molar-refractivity contribution in [2.75, 3.05) is 0 Å². The molecule has 0 aromatic carbocycles. The molecular formula is H3LiMgOZr. The van der Waals surface area contributed by atoms with Crippen molar-refractivity contribution in [1.82, 2.24) is 0 Å². The minimum absolute atomic E-state index is 0. The molecule has 0 amide bonds. The van der Waals surface area contributed by atoms with Gasteiger partial charge in [-0.15, -0.1) is 0 Å². The summed E-state index contributed by atoms with van der Waals surface area (Å²) in [7, 11) is 0. The molecule has 16 valence electrons. The van der Waals surface area contributed by atoms with Crippen molar-refractivity contribution in [3.63, 3.8) is 0 Å². The second kappa shape index (κ2) is 19.7. The molecule has 0 saturated heterocycles. The maximum atomic E-state index is 8.34. The average molecular weight is 141 g/mol. The minimum atomic E-state index is 0. The SMILES string of the molecule is [H-].[H-].[H-].[Li+].[Mg+2].[O]=[Zr]. The standard InChI is InChI=1S/Li.Mg.O.Zr.3H/q+1;+2;;;3*-1. The van der Waals surface area contributed by atoms with E-state index in [1.165, 1.54) is 0 Å². The fourth-order valence-electron chi connectivity index (χ4n) is 0. The Hall–Kier alpha value is 2.05. The molecule has 0 aromatic rings. The Balaban J connectivity index is -0.000000000500. The van der Waals surface area contributed by atoms with Crippen molar-refractivity contribution in [2.24, 2.45) is 0 Å². The molecule has 0 radical (unpaired) electrons. The first-order chi connectivity index (χ1) is 1.00. The number of hydrogen-bond acceptors (Lipinski definition) is 1. The van der Waals surface area contributed by atoms with Gasteiger partial charge in [-0.3, -0.25) is 0 Å². The van der Waals surface area contributed by atoms with Crippen molar-refractivity contribution in [3.8, 4) is 0 Å². The van der Waals surface area contributed by atoms with Gasteiger partial charge in [0.25, 0.3) is 0 Å². The van der Waals surface area contributed by atoms with Crippen molar-refractivity contribution in [3.05, 3.63) is 0 Å². The van der Waals surface area contributed by atoms with E-state index >= 15 is 0 Å². The summed E-state index contributed by atoms with van der Waals surface area (Å²) in [5, 5.41) is 0. The van der Waals surface area contributed by atoms with Crippen LogP contribution in [0.1, 0.15) is 4.28 Å². The zero-order valence-corrected chi connectivity index (χ0v) is 6.49. The molecule has 1 nitrogen and oxygen atoms in total. The van der Waals surface area contributed by atoms with E-state index in [-0.39, 0.29) is 46.2 Å². The molecule has 0 saturated carbocycles. The maximum absolute atomic E-state index is 8.34. The topological polar surface area (TPSA) is 17.1 Å². The molecule has 0 unspecified atom stereocenters. The predicted molar refractivity (Wildman–Crippen MR) is 9.78 cm³/mol. The van der Waals surface area contributed by atoms with Gasteiger partial charge in [-0.1, -0.05) is 0 Å². The van der Waals surface area contributed by atoms with Gasteiger partial charge in [-0.05, 0) is 0 Å². The van der Waals surface area contributed by atoms with E-state index < -0.39 is 0 Å². The van der Waals surface area contributed by atoms with Gasteiger partial charge in [0.2, 0.25) is 0 Å². The molecule has 0 atom stereocenters. The summed E-state index contributed by atoms with van der Waals surface area (Å²) in [4.78, 5) is 0. The van der Waals surface area contributed by atoms with Crippen LogP contribution >= 0.6 is 0 Å². The van der Waals surface area contributed by atoms with Gasteiger partial charge in [0.15, 0.2) is 0 Å². The molecule has 4 heteroatoms. The van der Waals surface area contributed by atoms with E-state index in [4.69, 9.17) is 2.81 Å². The molecule has 0 rings (SSSR count). The summed E-state index contributed by atoms with van der Waals surface area (Å²) in [5.41, 5.74) is 0. The third-order valence-corrected chi connectivity index (χ3v) is 0. The summed E-state index contributed by atoms with van der Waals surface area (Å²) in [6, 6.07) is 0. The first kappa shape index (κ1) is 16.6. The Morgan fingerprint density at radius 1 is 1.50 bits per heavy atom. The molecule has 0 N–H and O–H groups in total. The van der Waals surface area contributed by atoms with Gasteiger partial charge in [0.1, 0.15) is 0 Å². The average Bonchev–Trinajstić information content (AvgIpc) is 1.00. The zero-order chi connectivity index (χ0) is 2.00. The Morgan fingerprint density at radius 2 is 1.50 bits per heavy atom. The molecule has 0 aliphatic rings. The van der Waals surface area contributed by atoms with Crippen LogP contribution in [-0.2, 0) is 27.5 Å². The van der Waals surface area contributed by atoms with Crippen LogP contribution in [0.25, 0.3) is 0 Å². The summed E-state index contributed by atoms with van der Waals surface area (Å²) < 4.78 is 8.34. The molecule has 0 spiro atoms. The fourth-order valence-corrected chi connectivity index (χ4v) is 0. The third-order valence-electron chi connectivity index (χ3n) is 0. The monoisotopic (exact) mass is 140 g/mol. The van der Waals surface area contributed by atoms with Crippen LogP contribution in [0.2, 0.25) is 0 Å². The van der Waals surface area contributed by atoms with Gasteiger partial charge in [-0.2, -0.15) is 0 Å². The first-order valence-electron chi connectivity index (χ1n) is 0.204. The molecule has 0 aliphatic heterocycles. The van der Waals surface area contributed by atoms with E-state index in [2.05, 4.69) is 0 Å². The Bertz CT molecular complexity index is 14.9. The van der Waals surface area contributed by atoms with Crippen LogP contribution in [0, 0.1) is 0 Å². The Morgan fingerprint density at radius 3 is 1.50 bits per heavy atom. The summed E-state index contributed by atoms with van der Waals surface area (Å²) in [5.74, 6) is 0.